The molecule has 0 spiro atoms. The molecule has 0 fully saturated rings. The minimum absolute atomic E-state index is 0. The zero-order valence-electron chi connectivity index (χ0n) is 17.3. The highest BCUT2D eigenvalue weighted by atomic mass is 35.5. The lowest BCUT2D eigenvalue weighted by Crippen LogP contribution is -2.33. The quantitative estimate of drug-likeness (QED) is 0.445. The third-order valence-electron chi connectivity index (χ3n) is 5.79. The number of unbranched alkanes of at least 4 members (excludes halogenated alkanes) is 1. The first kappa shape index (κ1) is 21.5. The molecule has 0 saturated carbocycles. The second kappa shape index (κ2) is 10.0. The minimum atomic E-state index is 0. The molecular weight excluding hydrogens is 380 g/mol. The van der Waals surface area contributed by atoms with Crippen molar-refractivity contribution in [1.29, 1.82) is 0 Å². The molecular formula is C24H31ClN4. The van der Waals surface area contributed by atoms with E-state index < -0.39 is 0 Å². The zero-order valence-corrected chi connectivity index (χ0v) is 18.1. The van der Waals surface area contributed by atoms with E-state index in [4.69, 9.17) is 9.97 Å². The van der Waals surface area contributed by atoms with E-state index in [0.717, 1.165) is 37.4 Å². The summed E-state index contributed by atoms with van der Waals surface area (Å²) >= 11 is 0. The fraction of sp³-hybridized carbons (Fsp3) is 0.417. The van der Waals surface area contributed by atoms with E-state index in [2.05, 4.69) is 59.4 Å². The third-order valence-corrected chi connectivity index (χ3v) is 5.79. The second-order valence-corrected chi connectivity index (χ2v) is 7.70. The fourth-order valence-electron chi connectivity index (χ4n) is 4.41. The maximum Gasteiger partial charge on any atom is 0.124 e. The van der Waals surface area contributed by atoms with Crippen LogP contribution in [0.1, 0.15) is 55.7 Å². The molecule has 4 nitrogen and oxygen atoms in total. The van der Waals surface area contributed by atoms with Crippen LogP contribution in [0.25, 0.3) is 11.0 Å². The number of hydrogen-bond donors (Lipinski definition) is 0. The van der Waals surface area contributed by atoms with Crippen LogP contribution in [0.2, 0.25) is 0 Å². The number of nitrogens with zero attached hydrogens (tertiary/aromatic N) is 4. The Morgan fingerprint density at radius 1 is 1.24 bits per heavy atom. The van der Waals surface area contributed by atoms with Crippen molar-refractivity contribution in [3.8, 4) is 0 Å². The van der Waals surface area contributed by atoms with Crippen LogP contribution in [0.5, 0.6) is 0 Å². The zero-order chi connectivity index (χ0) is 19.3. The van der Waals surface area contributed by atoms with Gasteiger partial charge in [0.05, 0.1) is 29.3 Å². The summed E-state index contributed by atoms with van der Waals surface area (Å²) in [6.07, 6.45) is 9.86. The van der Waals surface area contributed by atoms with Gasteiger partial charge in [-0.05, 0) is 56.0 Å². The van der Waals surface area contributed by atoms with E-state index in [0.29, 0.717) is 6.04 Å². The van der Waals surface area contributed by atoms with E-state index in [-0.39, 0.29) is 12.4 Å². The Bertz CT molecular complexity index is 949. The number of imidazole rings is 1. The van der Waals surface area contributed by atoms with Crippen LogP contribution in [-0.2, 0) is 19.5 Å². The number of aromatic nitrogens is 3. The minimum Gasteiger partial charge on any atom is -0.323 e. The molecule has 3 aromatic rings. The van der Waals surface area contributed by atoms with Gasteiger partial charge in [-0.25, -0.2) is 4.98 Å². The van der Waals surface area contributed by atoms with Crippen molar-refractivity contribution in [2.45, 2.75) is 58.2 Å². The first-order valence-electron chi connectivity index (χ1n) is 10.5. The molecule has 0 bridgehead atoms. The molecule has 1 aliphatic carbocycles. The molecule has 4 rings (SSSR count). The Kier molecular flexibility index (Phi) is 7.45. The van der Waals surface area contributed by atoms with E-state index in [1.54, 1.807) is 0 Å². The van der Waals surface area contributed by atoms with Crippen LogP contribution < -0.4 is 0 Å². The van der Waals surface area contributed by atoms with Crippen molar-refractivity contribution in [2.24, 2.45) is 0 Å². The summed E-state index contributed by atoms with van der Waals surface area (Å²) < 4.78 is 2.31. The molecule has 0 amide bonds. The van der Waals surface area contributed by atoms with Crippen molar-refractivity contribution in [3.05, 3.63) is 72.3 Å². The van der Waals surface area contributed by atoms with E-state index in [1.165, 1.54) is 42.5 Å². The first-order valence-corrected chi connectivity index (χ1v) is 10.5. The molecule has 0 saturated heterocycles. The lowest BCUT2D eigenvalue weighted by atomic mass is 9.90. The Labute approximate surface area is 180 Å². The molecule has 0 radical (unpaired) electrons. The molecule has 0 aliphatic heterocycles. The van der Waals surface area contributed by atoms with Gasteiger partial charge in [0.1, 0.15) is 5.82 Å². The lowest BCUT2D eigenvalue weighted by Gasteiger charge is -2.35. The molecule has 29 heavy (non-hydrogen) atoms. The number of benzene rings is 1. The SMILES string of the molecule is C=CCn1c(CN(CCCC)C2CCCc3cccnc32)nc2ccccc21.Cl. The predicted octanol–water partition coefficient (Wildman–Crippen LogP) is 5.72. The van der Waals surface area contributed by atoms with E-state index >= 15 is 0 Å². The number of pyridine rings is 1. The standard InChI is InChI=1S/C24H30N4.ClH/c1-3-5-17-27(22-14-8-10-19-11-9-15-25-24(19)22)18-23-26-20-12-6-7-13-21(20)28(23)16-4-2;/h4,6-7,9,11-13,15,22H,2-3,5,8,10,14,16-18H2,1H3;1H. The van der Waals surface area contributed by atoms with Crippen LogP contribution in [0.15, 0.2) is 55.3 Å². The second-order valence-electron chi connectivity index (χ2n) is 7.70. The third kappa shape index (κ3) is 4.54. The Morgan fingerprint density at radius 3 is 2.93 bits per heavy atom. The highest BCUT2D eigenvalue weighted by Crippen LogP contribution is 2.34. The van der Waals surface area contributed by atoms with Crippen LogP contribution in [0.4, 0.5) is 0 Å². The molecule has 0 N–H and O–H groups in total. The van der Waals surface area contributed by atoms with E-state index in [9.17, 15) is 0 Å². The number of para-hydroxylation sites is 2. The molecule has 2 heterocycles. The lowest BCUT2D eigenvalue weighted by molar-refractivity contribution is 0.158. The highest BCUT2D eigenvalue weighted by molar-refractivity contribution is 5.85. The summed E-state index contributed by atoms with van der Waals surface area (Å²) in [6.45, 7) is 8.94. The normalized spacial score (nSPS) is 15.9. The van der Waals surface area contributed by atoms with Crippen LogP contribution >= 0.6 is 12.4 Å². The average molecular weight is 411 g/mol. The van der Waals surface area contributed by atoms with Gasteiger partial charge in [0.25, 0.3) is 0 Å². The summed E-state index contributed by atoms with van der Waals surface area (Å²) in [4.78, 5) is 12.4. The Hall–Kier alpha value is -2.17. The predicted molar refractivity (Wildman–Crippen MR) is 122 cm³/mol. The van der Waals surface area contributed by atoms with Gasteiger partial charge in [-0.3, -0.25) is 9.88 Å². The number of aryl methyl sites for hydroxylation is 1. The number of fused-ring (bicyclic) bond motifs is 2. The highest BCUT2D eigenvalue weighted by Gasteiger charge is 2.28. The van der Waals surface area contributed by atoms with Gasteiger partial charge in [-0.1, -0.05) is 37.6 Å². The molecule has 5 heteroatoms. The maximum atomic E-state index is 4.98. The van der Waals surface area contributed by atoms with Crippen LogP contribution in [-0.4, -0.2) is 26.0 Å². The van der Waals surface area contributed by atoms with Crippen LogP contribution in [0, 0.1) is 0 Å². The van der Waals surface area contributed by atoms with Gasteiger partial charge in [0.2, 0.25) is 0 Å². The number of halogens is 1. The van der Waals surface area contributed by atoms with Gasteiger partial charge in [0.15, 0.2) is 0 Å². The van der Waals surface area contributed by atoms with Crippen molar-refractivity contribution in [2.75, 3.05) is 6.54 Å². The molecule has 154 valence electrons. The Morgan fingerprint density at radius 2 is 2.10 bits per heavy atom. The van der Waals surface area contributed by atoms with Crippen molar-refractivity contribution >= 4 is 23.4 Å². The van der Waals surface area contributed by atoms with Gasteiger partial charge in [0, 0.05) is 12.7 Å². The fourth-order valence-corrected chi connectivity index (χ4v) is 4.41. The van der Waals surface area contributed by atoms with Crippen molar-refractivity contribution in [1.82, 2.24) is 19.4 Å². The smallest absolute Gasteiger partial charge is 0.124 e. The molecule has 1 unspecified atom stereocenters. The summed E-state index contributed by atoms with van der Waals surface area (Å²) in [6, 6.07) is 13.1. The van der Waals surface area contributed by atoms with Gasteiger partial charge in [-0.15, -0.1) is 19.0 Å². The number of hydrogen-bond acceptors (Lipinski definition) is 3. The maximum absolute atomic E-state index is 4.98. The Balaban J connectivity index is 0.00000240. The van der Waals surface area contributed by atoms with Gasteiger partial charge in [-0.2, -0.15) is 0 Å². The van der Waals surface area contributed by atoms with Gasteiger partial charge < -0.3 is 4.57 Å². The average Bonchev–Trinajstić information content (AvgIpc) is 3.08. The van der Waals surface area contributed by atoms with Crippen molar-refractivity contribution in [3.63, 3.8) is 0 Å². The first-order chi connectivity index (χ1) is 13.8. The molecule has 1 aliphatic rings. The topological polar surface area (TPSA) is 34.0 Å². The molecule has 1 aromatic carbocycles. The number of allylic oxidation sites excluding steroid dienone is 1. The largest absolute Gasteiger partial charge is 0.323 e. The molecule has 1 atom stereocenters. The van der Waals surface area contributed by atoms with Crippen LogP contribution in [0.3, 0.4) is 0 Å². The van der Waals surface area contributed by atoms with E-state index in [1.807, 2.05) is 12.3 Å². The summed E-state index contributed by atoms with van der Waals surface area (Å²) in [7, 11) is 0. The summed E-state index contributed by atoms with van der Waals surface area (Å²) in [5, 5.41) is 0. The van der Waals surface area contributed by atoms with Crippen molar-refractivity contribution < 1.29 is 0 Å². The number of rotatable bonds is 8. The monoisotopic (exact) mass is 410 g/mol. The summed E-state index contributed by atoms with van der Waals surface area (Å²) in [5.74, 6) is 1.13. The summed E-state index contributed by atoms with van der Waals surface area (Å²) in [5.41, 5.74) is 4.95. The molecule has 2 aromatic heterocycles. The van der Waals surface area contributed by atoms with Gasteiger partial charge >= 0.3 is 0 Å².